The second-order valence-electron chi connectivity index (χ2n) is 5.51. The van der Waals surface area contributed by atoms with Crippen molar-refractivity contribution in [2.45, 2.75) is 18.0 Å². The Morgan fingerprint density at radius 1 is 1.35 bits per heavy atom. The highest BCUT2D eigenvalue weighted by Crippen LogP contribution is 2.27. The van der Waals surface area contributed by atoms with Crippen molar-refractivity contribution < 1.29 is 9.47 Å². The summed E-state index contributed by atoms with van der Waals surface area (Å²) in [6.07, 6.45) is 1.82. The average Bonchev–Trinajstić information content (AvgIpc) is 3.23. The zero-order valence-electron chi connectivity index (χ0n) is 13.3. The van der Waals surface area contributed by atoms with Gasteiger partial charge in [-0.2, -0.15) is 0 Å². The first-order valence-corrected chi connectivity index (χ1v) is 8.79. The molecule has 7 heteroatoms. The molecule has 1 fully saturated rings. The molecule has 23 heavy (non-hydrogen) atoms. The van der Waals surface area contributed by atoms with Crippen LogP contribution < -0.4 is 10.5 Å². The third-order valence-electron chi connectivity index (χ3n) is 3.87. The van der Waals surface area contributed by atoms with Crippen LogP contribution in [0.5, 0.6) is 5.75 Å². The van der Waals surface area contributed by atoms with E-state index >= 15 is 0 Å². The molecule has 0 spiro atoms. The number of thioether (sulfide) groups is 1. The fraction of sp³-hybridized carbons (Fsp3) is 0.500. The predicted molar refractivity (Wildman–Crippen MR) is 90.3 cm³/mol. The van der Waals surface area contributed by atoms with E-state index in [1.54, 1.807) is 18.9 Å². The van der Waals surface area contributed by atoms with Crippen molar-refractivity contribution in [3.63, 3.8) is 0 Å². The highest BCUT2D eigenvalue weighted by Gasteiger charge is 2.19. The molecule has 1 atom stereocenters. The van der Waals surface area contributed by atoms with E-state index in [0.717, 1.165) is 47.8 Å². The van der Waals surface area contributed by atoms with Gasteiger partial charge in [0.2, 0.25) is 0 Å². The Morgan fingerprint density at radius 2 is 2.17 bits per heavy atom. The van der Waals surface area contributed by atoms with E-state index in [-0.39, 0.29) is 0 Å². The van der Waals surface area contributed by atoms with Crippen LogP contribution in [-0.2, 0) is 11.2 Å². The second kappa shape index (κ2) is 7.81. The van der Waals surface area contributed by atoms with E-state index in [4.69, 9.17) is 15.2 Å². The molecule has 0 bridgehead atoms. The van der Waals surface area contributed by atoms with Gasteiger partial charge in [0.15, 0.2) is 5.16 Å². The minimum Gasteiger partial charge on any atom is -0.497 e. The third-order valence-corrected chi connectivity index (χ3v) is 5.03. The van der Waals surface area contributed by atoms with Gasteiger partial charge in [-0.05, 0) is 43.1 Å². The summed E-state index contributed by atoms with van der Waals surface area (Å²) in [7, 11) is 1.67. The molecular weight excluding hydrogens is 312 g/mol. The molecule has 1 aliphatic heterocycles. The van der Waals surface area contributed by atoms with Gasteiger partial charge in [-0.3, -0.25) is 4.57 Å². The molecule has 2 N–H and O–H groups in total. The van der Waals surface area contributed by atoms with Crippen LogP contribution in [0.4, 0.5) is 0 Å². The molecule has 1 aliphatic rings. The minimum atomic E-state index is 0.551. The Labute approximate surface area is 140 Å². The smallest absolute Gasteiger partial charge is 0.195 e. The molecule has 6 nitrogen and oxygen atoms in total. The lowest BCUT2D eigenvalue weighted by Crippen LogP contribution is -2.10. The van der Waals surface area contributed by atoms with Crippen molar-refractivity contribution in [2.24, 2.45) is 11.7 Å². The molecule has 1 aromatic heterocycles. The molecule has 0 saturated carbocycles. The summed E-state index contributed by atoms with van der Waals surface area (Å²) in [5.41, 5.74) is 6.74. The Kier molecular flexibility index (Phi) is 5.53. The van der Waals surface area contributed by atoms with Gasteiger partial charge in [0, 0.05) is 24.5 Å². The van der Waals surface area contributed by atoms with Gasteiger partial charge in [-0.15, -0.1) is 10.2 Å². The second-order valence-corrected chi connectivity index (χ2v) is 6.50. The minimum absolute atomic E-state index is 0.551. The molecule has 2 aromatic rings. The first kappa shape index (κ1) is 16.3. The Bertz CT molecular complexity index is 624. The lowest BCUT2D eigenvalue weighted by molar-refractivity contribution is 0.189. The quantitative estimate of drug-likeness (QED) is 0.780. The summed E-state index contributed by atoms with van der Waals surface area (Å²) >= 11 is 1.73. The van der Waals surface area contributed by atoms with Crippen LogP contribution in [0, 0.1) is 5.92 Å². The molecule has 2 heterocycles. The monoisotopic (exact) mass is 334 g/mol. The molecule has 124 valence electrons. The van der Waals surface area contributed by atoms with Gasteiger partial charge in [0.25, 0.3) is 0 Å². The summed E-state index contributed by atoms with van der Waals surface area (Å²) in [5, 5.41) is 9.59. The first-order valence-electron chi connectivity index (χ1n) is 7.81. The molecule has 1 saturated heterocycles. The summed E-state index contributed by atoms with van der Waals surface area (Å²) in [6.45, 7) is 2.27. The Hall–Kier alpha value is -1.57. The van der Waals surface area contributed by atoms with Gasteiger partial charge in [-0.25, -0.2) is 0 Å². The maximum absolute atomic E-state index is 5.71. The van der Waals surface area contributed by atoms with Crippen LogP contribution in [0.15, 0.2) is 29.4 Å². The standard InChI is InChI=1S/C16H22N4O2S/c1-21-14-4-2-13(3-5-14)20-15(6-8-17)18-19-16(20)23-11-12-7-9-22-10-12/h2-5,12H,6-11,17H2,1H3. The van der Waals surface area contributed by atoms with E-state index in [1.807, 2.05) is 24.3 Å². The SMILES string of the molecule is COc1ccc(-n2c(CCN)nnc2SCC2CCOC2)cc1. The van der Waals surface area contributed by atoms with E-state index in [1.165, 1.54) is 0 Å². The van der Waals surface area contributed by atoms with Crippen LogP contribution >= 0.6 is 11.8 Å². The van der Waals surface area contributed by atoms with Crippen molar-refractivity contribution in [2.75, 3.05) is 32.6 Å². The Morgan fingerprint density at radius 3 is 2.83 bits per heavy atom. The normalized spacial score (nSPS) is 17.6. The molecular formula is C16H22N4O2S. The molecule has 0 amide bonds. The van der Waals surface area contributed by atoms with Gasteiger partial charge in [0.1, 0.15) is 11.6 Å². The van der Waals surface area contributed by atoms with Crippen LogP contribution in [0.1, 0.15) is 12.2 Å². The number of nitrogens with two attached hydrogens (primary N) is 1. The van der Waals surface area contributed by atoms with E-state index in [2.05, 4.69) is 14.8 Å². The highest BCUT2D eigenvalue weighted by atomic mass is 32.2. The number of methoxy groups -OCH3 is 1. The summed E-state index contributed by atoms with van der Waals surface area (Å²) in [4.78, 5) is 0. The van der Waals surface area contributed by atoms with E-state index < -0.39 is 0 Å². The van der Waals surface area contributed by atoms with Crippen molar-refractivity contribution in [1.29, 1.82) is 0 Å². The fourth-order valence-electron chi connectivity index (χ4n) is 2.58. The molecule has 1 unspecified atom stereocenters. The number of aromatic nitrogens is 3. The number of benzene rings is 1. The van der Waals surface area contributed by atoms with E-state index in [0.29, 0.717) is 18.9 Å². The number of ether oxygens (including phenoxy) is 2. The maximum atomic E-state index is 5.71. The van der Waals surface area contributed by atoms with Gasteiger partial charge >= 0.3 is 0 Å². The highest BCUT2D eigenvalue weighted by molar-refractivity contribution is 7.99. The Balaban J connectivity index is 1.83. The number of hydrogen-bond donors (Lipinski definition) is 1. The predicted octanol–water partition coefficient (Wildman–Crippen LogP) is 1.91. The fourth-order valence-corrected chi connectivity index (χ4v) is 3.67. The largest absolute Gasteiger partial charge is 0.497 e. The molecule has 1 aromatic carbocycles. The average molecular weight is 334 g/mol. The lowest BCUT2D eigenvalue weighted by Gasteiger charge is -2.12. The zero-order valence-corrected chi connectivity index (χ0v) is 14.1. The molecule has 0 aliphatic carbocycles. The summed E-state index contributed by atoms with van der Waals surface area (Å²) in [5.74, 6) is 3.32. The zero-order chi connectivity index (χ0) is 16.1. The van der Waals surface area contributed by atoms with Crippen molar-refractivity contribution in [1.82, 2.24) is 14.8 Å². The van der Waals surface area contributed by atoms with Crippen LogP contribution in [0.25, 0.3) is 5.69 Å². The van der Waals surface area contributed by atoms with Gasteiger partial charge in [-0.1, -0.05) is 11.8 Å². The number of nitrogens with zero attached hydrogens (tertiary/aromatic N) is 3. The maximum Gasteiger partial charge on any atom is 0.195 e. The van der Waals surface area contributed by atoms with Gasteiger partial charge in [0.05, 0.1) is 13.7 Å². The molecule has 3 rings (SSSR count). The van der Waals surface area contributed by atoms with E-state index in [9.17, 15) is 0 Å². The van der Waals surface area contributed by atoms with Crippen LogP contribution in [0.3, 0.4) is 0 Å². The summed E-state index contributed by atoms with van der Waals surface area (Å²) in [6, 6.07) is 7.93. The van der Waals surface area contributed by atoms with Crippen molar-refractivity contribution >= 4 is 11.8 Å². The van der Waals surface area contributed by atoms with Crippen LogP contribution in [-0.4, -0.2) is 47.4 Å². The summed E-state index contributed by atoms with van der Waals surface area (Å²) < 4.78 is 12.8. The number of rotatable bonds is 7. The first-order chi connectivity index (χ1) is 11.3. The molecule has 0 radical (unpaired) electrons. The third kappa shape index (κ3) is 3.85. The van der Waals surface area contributed by atoms with Crippen LogP contribution in [0.2, 0.25) is 0 Å². The van der Waals surface area contributed by atoms with Gasteiger partial charge < -0.3 is 15.2 Å². The number of hydrogen-bond acceptors (Lipinski definition) is 6. The lowest BCUT2D eigenvalue weighted by atomic mass is 10.2. The van der Waals surface area contributed by atoms with Crippen molar-refractivity contribution in [3.8, 4) is 11.4 Å². The topological polar surface area (TPSA) is 75.2 Å². The van der Waals surface area contributed by atoms with Crippen molar-refractivity contribution in [3.05, 3.63) is 30.1 Å².